The smallest absolute Gasteiger partial charge is 0.0793 e. The molecule has 1 fully saturated rings. The van der Waals surface area contributed by atoms with Gasteiger partial charge in [0.05, 0.1) is 12.7 Å². The van der Waals surface area contributed by atoms with Crippen molar-refractivity contribution in [3.63, 3.8) is 0 Å². The van der Waals surface area contributed by atoms with Crippen LogP contribution < -0.4 is 0 Å². The summed E-state index contributed by atoms with van der Waals surface area (Å²) in [5.74, 6) is 0. The van der Waals surface area contributed by atoms with Crippen molar-refractivity contribution in [2.75, 3.05) is 32.8 Å². The Labute approximate surface area is 123 Å². The van der Waals surface area contributed by atoms with E-state index in [9.17, 15) is 5.11 Å². The number of nitrogens with zero attached hydrogens (tertiary/aromatic N) is 1. The van der Waals surface area contributed by atoms with E-state index in [4.69, 9.17) is 4.74 Å². The van der Waals surface area contributed by atoms with E-state index in [1.807, 2.05) is 0 Å². The van der Waals surface area contributed by atoms with Crippen LogP contribution in [-0.4, -0.2) is 49.0 Å². The predicted molar refractivity (Wildman–Crippen MR) is 83.4 cm³/mol. The fourth-order valence-electron chi connectivity index (χ4n) is 2.56. The molecule has 1 aliphatic heterocycles. The number of aliphatic hydroxyl groups is 1. The molecule has 0 radical (unpaired) electrons. The summed E-state index contributed by atoms with van der Waals surface area (Å²) in [5, 5.41) is 12.6. The van der Waals surface area contributed by atoms with E-state index in [0.717, 1.165) is 45.7 Å². The van der Waals surface area contributed by atoms with Crippen molar-refractivity contribution >= 4 is 21.4 Å². The standard InChI is InChI=1S/C16H21NO2S/c18-15-11-17(12-15)6-1-7-19-8-4-13-2-3-14-5-9-20-16(14)10-13/h2-3,5,9-10,15,18H,1,4,6-8,11-12H2. The van der Waals surface area contributed by atoms with Gasteiger partial charge in [0.25, 0.3) is 0 Å². The van der Waals surface area contributed by atoms with Crippen molar-refractivity contribution in [1.29, 1.82) is 0 Å². The summed E-state index contributed by atoms with van der Waals surface area (Å²) < 4.78 is 7.05. The molecule has 0 bridgehead atoms. The third-order valence-electron chi connectivity index (χ3n) is 3.76. The lowest BCUT2D eigenvalue weighted by Gasteiger charge is -2.35. The number of aliphatic hydroxyl groups excluding tert-OH is 1. The van der Waals surface area contributed by atoms with Gasteiger partial charge in [-0.05, 0) is 41.3 Å². The van der Waals surface area contributed by atoms with Crippen LogP contribution in [0.4, 0.5) is 0 Å². The highest BCUT2D eigenvalue weighted by molar-refractivity contribution is 7.17. The van der Waals surface area contributed by atoms with Crippen molar-refractivity contribution in [2.45, 2.75) is 18.9 Å². The number of ether oxygens (including phenoxy) is 1. The van der Waals surface area contributed by atoms with Gasteiger partial charge in [0, 0.05) is 30.9 Å². The molecule has 0 atom stereocenters. The van der Waals surface area contributed by atoms with Gasteiger partial charge in [-0.1, -0.05) is 12.1 Å². The van der Waals surface area contributed by atoms with Crippen LogP contribution in [-0.2, 0) is 11.2 Å². The van der Waals surface area contributed by atoms with Gasteiger partial charge < -0.3 is 9.84 Å². The fourth-order valence-corrected chi connectivity index (χ4v) is 3.41. The maximum absolute atomic E-state index is 9.17. The summed E-state index contributed by atoms with van der Waals surface area (Å²) in [7, 11) is 0. The monoisotopic (exact) mass is 291 g/mol. The Morgan fingerprint density at radius 2 is 2.15 bits per heavy atom. The molecule has 2 aromatic rings. The van der Waals surface area contributed by atoms with E-state index in [0.29, 0.717) is 0 Å². The van der Waals surface area contributed by atoms with Crippen LogP contribution in [0.3, 0.4) is 0 Å². The third kappa shape index (κ3) is 3.58. The SMILES string of the molecule is OC1CN(CCCOCCc2ccc3ccsc3c2)C1. The Hall–Kier alpha value is -0.940. The molecule has 0 amide bonds. The van der Waals surface area contributed by atoms with Crippen molar-refractivity contribution in [3.05, 3.63) is 35.2 Å². The van der Waals surface area contributed by atoms with Gasteiger partial charge in [-0.2, -0.15) is 0 Å². The summed E-state index contributed by atoms with van der Waals surface area (Å²) in [6, 6.07) is 8.81. The van der Waals surface area contributed by atoms with Crippen LogP contribution in [0.25, 0.3) is 10.1 Å². The molecule has 4 heteroatoms. The summed E-state index contributed by atoms with van der Waals surface area (Å²) in [6.45, 7) is 4.31. The van der Waals surface area contributed by atoms with Gasteiger partial charge in [0.1, 0.15) is 0 Å². The van der Waals surface area contributed by atoms with E-state index in [1.165, 1.54) is 15.6 Å². The van der Waals surface area contributed by atoms with Crippen LogP contribution in [0.2, 0.25) is 0 Å². The number of likely N-dealkylation sites (tertiary alicyclic amines) is 1. The molecule has 1 aromatic heterocycles. The molecule has 0 spiro atoms. The average Bonchev–Trinajstić information content (AvgIpc) is 2.87. The zero-order valence-corrected chi connectivity index (χ0v) is 12.4. The van der Waals surface area contributed by atoms with Crippen LogP contribution in [0.1, 0.15) is 12.0 Å². The lowest BCUT2D eigenvalue weighted by Crippen LogP contribution is -2.50. The van der Waals surface area contributed by atoms with E-state index in [1.54, 1.807) is 11.3 Å². The van der Waals surface area contributed by atoms with Gasteiger partial charge in [-0.15, -0.1) is 11.3 Å². The first-order valence-electron chi connectivity index (χ1n) is 7.25. The van der Waals surface area contributed by atoms with E-state index >= 15 is 0 Å². The second-order valence-corrected chi connectivity index (χ2v) is 6.37. The van der Waals surface area contributed by atoms with Gasteiger partial charge >= 0.3 is 0 Å². The molecule has 0 aliphatic carbocycles. The number of hydrogen-bond acceptors (Lipinski definition) is 4. The highest BCUT2D eigenvalue weighted by Gasteiger charge is 2.22. The van der Waals surface area contributed by atoms with Crippen LogP contribution >= 0.6 is 11.3 Å². The van der Waals surface area contributed by atoms with Crippen molar-refractivity contribution < 1.29 is 9.84 Å². The van der Waals surface area contributed by atoms with Gasteiger partial charge in [-0.25, -0.2) is 0 Å². The topological polar surface area (TPSA) is 32.7 Å². The number of thiophene rings is 1. The van der Waals surface area contributed by atoms with Crippen molar-refractivity contribution in [3.8, 4) is 0 Å². The first kappa shape index (κ1) is 14.0. The third-order valence-corrected chi connectivity index (χ3v) is 4.64. The minimum atomic E-state index is -0.0944. The maximum atomic E-state index is 9.17. The Kier molecular flexibility index (Phi) is 4.68. The Morgan fingerprint density at radius 1 is 1.25 bits per heavy atom. The summed E-state index contributed by atoms with van der Waals surface area (Å²) in [4.78, 5) is 2.26. The Bertz CT molecular complexity index is 548. The number of hydrogen-bond donors (Lipinski definition) is 1. The molecular weight excluding hydrogens is 270 g/mol. The Balaban J connectivity index is 1.31. The fraction of sp³-hybridized carbons (Fsp3) is 0.500. The summed E-state index contributed by atoms with van der Waals surface area (Å²) in [6.07, 6.45) is 1.94. The molecule has 2 heterocycles. The number of β-amino-alcohol motifs (C(OH)–C–C–N with tert-alkyl or cyclic N) is 1. The van der Waals surface area contributed by atoms with Gasteiger partial charge in [-0.3, -0.25) is 4.90 Å². The molecule has 1 aromatic carbocycles. The number of benzene rings is 1. The molecule has 0 unspecified atom stereocenters. The van der Waals surface area contributed by atoms with Crippen LogP contribution in [0, 0.1) is 0 Å². The van der Waals surface area contributed by atoms with Crippen LogP contribution in [0.15, 0.2) is 29.6 Å². The van der Waals surface area contributed by atoms with Crippen molar-refractivity contribution in [2.24, 2.45) is 0 Å². The average molecular weight is 291 g/mol. The Morgan fingerprint density at radius 3 is 3.00 bits per heavy atom. The quantitative estimate of drug-likeness (QED) is 0.796. The normalized spacial score (nSPS) is 16.6. The van der Waals surface area contributed by atoms with Crippen LogP contribution in [0.5, 0.6) is 0 Å². The second-order valence-electron chi connectivity index (χ2n) is 5.42. The number of fused-ring (bicyclic) bond motifs is 1. The highest BCUT2D eigenvalue weighted by Crippen LogP contribution is 2.22. The molecule has 3 rings (SSSR count). The lowest BCUT2D eigenvalue weighted by atomic mass is 10.1. The molecule has 1 saturated heterocycles. The van der Waals surface area contributed by atoms with Crippen molar-refractivity contribution in [1.82, 2.24) is 4.90 Å². The predicted octanol–water partition coefficient (Wildman–Crippen LogP) is 2.53. The minimum absolute atomic E-state index is 0.0944. The molecule has 3 nitrogen and oxygen atoms in total. The molecule has 20 heavy (non-hydrogen) atoms. The van der Waals surface area contributed by atoms with E-state index < -0.39 is 0 Å². The highest BCUT2D eigenvalue weighted by atomic mass is 32.1. The first-order chi connectivity index (χ1) is 9.81. The van der Waals surface area contributed by atoms with E-state index in [2.05, 4.69) is 34.5 Å². The second kappa shape index (κ2) is 6.68. The maximum Gasteiger partial charge on any atom is 0.0793 e. The zero-order valence-electron chi connectivity index (χ0n) is 11.6. The molecule has 1 N–H and O–H groups in total. The minimum Gasteiger partial charge on any atom is -0.390 e. The molecule has 1 aliphatic rings. The zero-order chi connectivity index (χ0) is 13.8. The first-order valence-corrected chi connectivity index (χ1v) is 8.13. The van der Waals surface area contributed by atoms with Gasteiger partial charge in [0.15, 0.2) is 0 Å². The lowest BCUT2D eigenvalue weighted by molar-refractivity contribution is -0.00305. The summed E-state index contributed by atoms with van der Waals surface area (Å²) >= 11 is 1.79. The molecular formula is C16H21NO2S. The molecule has 0 saturated carbocycles. The van der Waals surface area contributed by atoms with Gasteiger partial charge in [0.2, 0.25) is 0 Å². The molecule has 108 valence electrons. The number of rotatable bonds is 7. The largest absolute Gasteiger partial charge is 0.390 e. The van der Waals surface area contributed by atoms with E-state index in [-0.39, 0.29) is 6.10 Å². The summed E-state index contributed by atoms with van der Waals surface area (Å²) in [5.41, 5.74) is 1.35.